The normalized spacial score (nSPS) is 11.6. The Bertz CT molecular complexity index is 1380. The van der Waals surface area contributed by atoms with Gasteiger partial charge in [0, 0.05) is 35.7 Å². The van der Waals surface area contributed by atoms with Gasteiger partial charge in [0.15, 0.2) is 0 Å². The van der Waals surface area contributed by atoms with Crippen LogP contribution in [-0.4, -0.2) is 33.8 Å². The fourth-order valence-electron chi connectivity index (χ4n) is 4.13. The van der Waals surface area contributed by atoms with Crippen molar-refractivity contribution in [2.45, 2.75) is 39.8 Å². The molecule has 1 amide bonds. The lowest BCUT2D eigenvalue weighted by molar-refractivity contribution is 0.0502. The van der Waals surface area contributed by atoms with E-state index >= 15 is 0 Å². The maximum Gasteiger partial charge on any atom is 0.407 e. The first-order valence-corrected chi connectivity index (χ1v) is 11.3. The number of aromatic nitrogens is 2. The lowest BCUT2D eigenvalue weighted by atomic mass is 9.98. The number of nitrogens with zero attached hydrogens (tertiary/aromatic N) is 2. The van der Waals surface area contributed by atoms with Crippen molar-refractivity contribution in [3.05, 3.63) is 66.1 Å². The van der Waals surface area contributed by atoms with Gasteiger partial charge in [-0.15, -0.1) is 0 Å². The zero-order valence-electron chi connectivity index (χ0n) is 20.1. The Labute approximate surface area is 198 Å². The summed E-state index contributed by atoms with van der Waals surface area (Å²) in [5, 5.41) is 5.69. The molecule has 2 heterocycles. The van der Waals surface area contributed by atoms with Crippen LogP contribution in [0, 0.1) is 0 Å². The number of alkyl carbamates (subject to hydrolysis) is 1. The van der Waals surface area contributed by atoms with Crippen molar-refractivity contribution in [1.29, 1.82) is 0 Å². The molecule has 2 aromatic heterocycles. The number of aryl methyl sites for hydroxylation is 1. The highest BCUT2D eigenvalue weighted by atomic mass is 16.6. The van der Waals surface area contributed by atoms with Gasteiger partial charge >= 0.3 is 12.1 Å². The molecule has 0 unspecified atom stereocenters. The van der Waals surface area contributed by atoms with Crippen molar-refractivity contribution < 1.29 is 19.1 Å². The number of nitrogens with one attached hydrogen (secondary N) is 1. The second-order valence-electron chi connectivity index (χ2n) is 9.09. The summed E-state index contributed by atoms with van der Waals surface area (Å²) in [7, 11) is 1.88. The molecule has 0 bridgehead atoms. The zero-order valence-corrected chi connectivity index (χ0v) is 20.1. The van der Waals surface area contributed by atoms with Gasteiger partial charge < -0.3 is 19.4 Å². The first-order chi connectivity index (χ1) is 16.2. The summed E-state index contributed by atoms with van der Waals surface area (Å²) in [4.78, 5) is 29.5. The number of carbonyl (C=O) groups is 2. The largest absolute Gasteiger partial charge is 0.462 e. The summed E-state index contributed by atoms with van der Waals surface area (Å²) >= 11 is 0. The number of rotatable bonds is 5. The van der Waals surface area contributed by atoms with Gasteiger partial charge in [-0.05, 0) is 56.3 Å². The lowest BCUT2D eigenvalue weighted by Crippen LogP contribution is -2.33. The third-order valence-electron chi connectivity index (χ3n) is 5.60. The molecular formula is C27H29N3O4. The predicted molar refractivity (Wildman–Crippen MR) is 133 cm³/mol. The molecule has 1 N–H and O–H groups in total. The number of carbonyl (C=O) groups excluding carboxylic acids is 2. The van der Waals surface area contributed by atoms with E-state index in [1.807, 2.05) is 42.1 Å². The van der Waals surface area contributed by atoms with Gasteiger partial charge in [0.05, 0.1) is 24.4 Å². The maximum atomic E-state index is 12.9. The first-order valence-electron chi connectivity index (χ1n) is 11.3. The molecule has 2 aromatic carbocycles. The van der Waals surface area contributed by atoms with Crippen molar-refractivity contribution in [3.8, 4) is 11.1 Å². The van der Waals surface area contributed by atoms with Gasteiger partial charge in [-0.2, -0.15) is 0 Å². The molecule has 4 aromatic rings. The number of fused-ring (bicyclic) bond motifs is 2. The van der Waals surface area contributed by atoms with E-state index in [2.05, 4.69) is 28.5 Å². The molecule has 34 heavy (non-hydrogen) atoms. The molecule has 0 saturated carbocycles. The van der Waals surface area contributed by atoms with Crippen LogP contribution in [-0.2, 0) is 23.1 Å². The van der Waals surface area contributed by atoms with Crippen molar-refractivity contribution in [2.75, 3.05) is 6.61 Å². The summed E-state index contributed by atoms with van der Waals surface area (Å²) in [6.07, 6.45) is 3.10. The van der Waals surface area contributed by atoms with E-state index in [1.165, 1.54) is 0 Å². The van der Waals surface area contributed by atoms with Gasteiger partial charge in [0.25, 0.3) is 0 Å². The minimum Gasteiger partial charge on any atom is -0.462 e. The first kappa shape index (κ1) is 23.3. The Kier molecular flexibility index (Phi) is 6.28. The summed E-state index contributed by atoms with van der Waals surface area (Å²) in [5.41, 5.74) is 3.41. The van der Waals surface area contributed by atoms with Crippen LogP contribution < -0.4 is 5.32 Å². The quantitative estimate of drug-likeness (QED) is 0.393. The SMILES string of the molecule is CCOC(=O)c1c(CNC(=O)OC(C)(C)C)n(C)c2cc(-c3cccc4ccncc34)ccc12. The molecule has 0 atom stereocenters. The van der Waals surface area contributed by atoms with Crippen LogP contribution >= 0.6 is 0 Å². The Morgan fingerprint density at radius 3 is 2.62 bits per heavy atom. The topological polar surface area (TPSA) is 82.5 Å². The summed E-state index contributed by atoms with van der Waals surface area (Å²) < 4.78 is 12.6. The van der Waals surface area contributed by atoms with E-state index in [9.17, 15) is 9.59 Å². The monoisotopic (exact) mass is 459 g/mol. The molecule has 0 radical (unpaired) electrons. The third-order valence-corrected chi connectivity index (χ3v) is 5.60. The highest BCUT2D eigenvalue weighted by molar-refractivity contribution is 6.07. The Morgan fingerprint density at radius 1 is 1.09 bits per heavy atom. The van der Waals surface area contributed by atoms with Gasteiger partial charge in [0.2, 0.25) is 0 Å². The van der Waals surface area contributed by atoms with Crippen LogP contribution in [0.4, 0.5) is 4.79 Å². The van der Waals surface area contributed by atoms with Crippen LogP contribution in [0.2, 0.25) is 0 Å². The fourth-order valence-corrected chi connectivity index (χ4v) is 4.13. The zero-order chi connectivity index (χ0) is 24.5. The fraction of sp³-hybridized carbons (Fsp3) is 0.296. The molecule has 176 valence electrons. The Hall–Kier alpha value is -3.87. The van der Waals surface area contributed by atoms with Gasteiger partial charge in [0.1, 0.15) is 5.60 Å². The van der Waals surface area contributed by atoms with E-state index in [-0.39, 0.29) is 13.2 Å². The summed E-state index contributed by atoms with van der Waals surface area (Å²) in [6.45, 7) is 7.57. The van der Waals surface area contributed by atoms with Crippen molar-refractivity contribution in [2.24, 2.45) is 7.05 Å². The number of hydrogen-bond acceptors (Lipinski definition) is 5. The van der Waals surface area contributed by atoms with Crippen LogP contribution in [0.15, 0.2) is 54.9 Å². The predicted octanol–water partition coefficient (Wildman–Crippen LogP) is 5.59. The smallest absolute Gasteiger partial charge is 0.407 e. The van der Waals surface area contributed by atoms with E-state index < -0.39 is 17.7 Å². The van der Waals surface area contributed by atoms with Crippen LogP contribution in [0.25, 0.3) is 32.8 Å². The average Bonchev–Trinajstić information content (AvgIpc) is 3.07. The van der Waals surface area contributed by atoms with Crippen LogP contribution in [0.3, 0.4) is 0 Å². The average molecular weight is 460 g/mol. The van der Waals surface area contributed by atoms with Gasteiger partial charge in [-0.25, -0.2) is 9.59 Å². The van der Waals surface area contributed by atoms with E-state index in [4.69, 9.17) is 9.47 Å². The molecule has 7 heteroatoms. The number of ether oxygens (including phenoxy) is 2. The number of benzene rings is 2. The van der Waals surface area contributed by atoms with Crippen molar-refractivity contribution in [3.63, 3.8) is 0 Å². The molecule has 0 aliphatic heterocycles. The third kappa shape index (κ3) is 4.59. The number of pyridine rings is 1. The maximum absolute atomic E-state index is 12.9. The van der Waals surface area contributed by atoms with Crippen LogP contribution in [0.1, 0.15) is 43.7 Å². The molecule has 0 aliphatic rings. The highest BCUT2D eigenvalue weighted by Crippen LogP contribution is 2.33. The van der Waals surface area contributed by atoms with Crippen molar-refractivity contribution in [1.82, 2.24) is 14.9 Å². The number of hydrogen-bond donors (Lipinski definition) is 1. The van der Waals surface area contributed by atoms with E-state index in [0.29, 0.717) is 11.3 Å². The molecule has 0 fully saturated rings. The summed E-state index contributed by atoms with van der Waals surface area (Å²) in [6, 6.07) is 14.1. The lowest BCUT2D eigenvalue weighted by Gasteiger charge is -2.20. The molecular weight excluding hydrogens is 430 g/mol. The Balaban J connectivity index is 1.80. The highest BCUT2D eigenvalue weighted by Gasteiger charge is 2.24. The molecule has 7 nitrogen and oxygen atoms in total. The second-order valence-corrected chi connectivity index (χ2v) is 9.09. The number of esters is 1. The molecule has 4 rings (SSSR count). The molecule has 0 spiro atoms. The van der Waals surface area contributed by atoms with E-state index in [0.717, 1.165) is 32.8 Å². The van der Waals surface area contributed by atoms with Crippen LogP contribution in [0.5, 0.6) is 0 Å². The minimum atomic E-state index is -0.616. The van der Waals surface area contributed by atoms with Gasteiger partial charge in [-0.3, -0.25) is 4.98 Å². The minimum absolute atomic E-state index is 0.127. The molecule has 0 aliphatic carbocycles. The standard InChI is InChI=1S/C27H29N3O4/c1-6-33-25(31)24-20-11-10-18(19-9-7-8-17-12-13-28-15-21(17)19)14-22(20)30(5)23(24)16-29-26(32)34-27(2,3)4/h7-15H,6,16H2,1-5H3,(H,29,32). The molecule has 0 saturated heterocycles. The van der Waals surface area contributed by atoms with Crippen molar-refractivity contribution >= 4 is 33.7 Å². The summed E-state index contributed by atoms with van der Waals surface area (Å²) in [5.74, 6) is -0.420. The second kappa shape index (κ2) is 9.17. The van der Waals surface area contributed by atoms with E-state index in [1.54, 1.807) is 33.9 Å². The van der Waals surface area contributed by atoms with Gasteiger partial charge in [-0.1, -0.05) is 30.3 Å². The number of amides is 1. The Morgan fingerprint density at radius 2 is 1.88 bits per heavy atom.